The number of carbonyl (C=O) groups is 1. The third kappa shape index (κ3) is 2.03. The van der Waals surface area contributed by atoms with E-state index in [1.807, 2.05) is 0 Å². The molecule has 0 aromatic rings. The van der Waals surface area contributed by atoms with Gasteiger partial charge in [-0.3, -0.25) is 4.79 Å². The van der Waals surface area contributed by atoms with E-state index in [9.17, 15) is 4.79 Å². The molecule has 1 saturated carbocycles. The largest absolute Gasteiger partial charge is 0.300 e. The van der Waals surface area contributed by atoms with Crippen molar-refractivity contribution >= 4 is 18.4 Å². The molecule has 0 saturated heterocycles. The maximum Gasteiger partial charge on any atom is 0.133 e. The quantitative estimate of drug-likeness (QED) is 0.623. The molecule has 0 aromatic heterocycles. The molecule has 1 aliphatic carbocycles. The van der Waals surface area contributed by atoms with Gasteiger partial charge in [-0.25, -0.2) is 0 Å². The first-order valence-corrected chi connectivity index (χ1v) is 5.22. The first-order chi connectivity index (χ1) is 5.52. The molecule has 0 N–H and O–H groups in total. The molecule has 0 amide bonds. The minimum absolute atomic E-state index is 0.260. The number of thiol groups is 1. The Morgan fingerprint density at radius 3 is 2.42 bits per heavy atom. The van der Waals surface area contributed by atoms with Gasteiger partial charge in [0.25, 0.3) is 0 Å². The summed E-state index contributed by atoms with van der Waals surface area (Å²) in [5.41, 5.74) is 0. The van der Waals surface area contributed by atoms with Gasteiger partial charge in [-0.2, -0.15) is 12.6 Å². The van der Waals surface area contributed by atoms with E-state index in [-0.39, 0.29) is 5.92 Å². The highest BCUT2D eigenvalue weighted by molar-refractivity contribution is 7.80. The van der Waals surface area contributed by atoms with Gasteiger partial charge in [0.2, 0.25) is 0 Å². The molecule has 1 fully saturated rings. The van der Waals surface area contributed by atoms with Gasteiger partial charge in [0.05, 0.1) is 0 Å². The summed E-state index contributed by atoms with van der Waals surface area (Å²) in [7, 11) is 0. The van der Waals surface area contributed by atoms with Gasteiger partial charge in [-0.05, 0) is 31.6 Å². The van der Waals surface area contributed by atoms with Crippen molar-refractivity contribution in [3.8, 4) is 0 Å². The van der Waals surface area contributed by atoms with Crippen LogP contribution in [0.3, 0.4) is 0 Å². The van der Waals surface area contributed by atoms with E-state index in [0.29, 0.717) is 22.9 Å². The molecule has 12 heavy (non-hydrogen) atoms. The molecule has 1 aliphatic rings. The van der Waals surface area contributed by atoms with Crippen molar-refractivity contribution in [2.45, 2.75) is 38.9 Å². The van der Waals surface area contributed by atoms with Crippen LogP contribution in [-0.4, -0.2) is 11.0 Å². The van der Waals surface area contributed by atoms with Gasteiger partial charge in [0, 0.05) is 11.2 Å². The lowest BCUT2D eigenvalue weighted by Crippen LogP contribution is -2.33. The predicted octanol–water partition coefficient (Wildman–Crippen LogP) is 2.56. The zero-order chi connectivity index (χ0) is 9.30. The third-order valence-electron chi connectivity index (χ3n) is 3.22. The number of hydrogen-bond acceptors (Lipinski definition) is 2. The highest BCUT2D eigenvalue weighted by Gasteiger charge is 2.33. The van der Waals surface area contributed by atoms with Gasteiger partial charge in [0.1, 0.15) is 5.78 Å². The van der Waals surface area contributed by atoms with Crippen molar-refractivity contribution in [1.82, 2.24) is 0 Å². The number of hydrogen-bond donors (Lipinski definition) is 1. The average Bonchev–Trinajstić information content (AvgIpc) is 1.96. The van der Waals surface area contributed by atoms with Crippen LogP contribution >= 0.6 is 12.6 Å². The number of carbonyl (C=O) groups excluding carboxylic acids is 1. The van der Waals surface area contributed by atoms with E-state index in [4.69, 9.17) is 0 Å². The Bertz CT molecular complexity index is 179. The van der Waals surface area contributed by atoms with Crippen LogP contribution < -0.4 is 0 Å². The van der Waals surface area contributed by atoms with Crippen molar-refractivity contribution in [2.75, 3.05) is 0 Å². The maximum atomic E-state index is 11.3. The van der Waals surface area contributed by atoms with Crippen molar-refractivity contribution in [3.05, 3.63) is 0 Å². The van der Waals surface area contributed by atoms with Crippen molar-refractivity contribution in [2.24, 2.45) is 17.8 Å². The summed E-state index contributed by atoms with van der Waals surface area (Å²) in [6.07, 6.45) is 2.14. The molecule has 1 nitrogen and oxygen atoms in total. The number of ketones is 1. The van der Waals surface area contributed by atoms with Crippen molar-refractivity contribution in [3.63, 3.8) is 0 Å². The second kappa shape index (κ2) is 3.82. The van der Waals surface area contributed by atoms with Gasteiger partial charge in [-0.15, -0.1) is 0 Å². The molecule has 4 unspecified atom stereocenters. The van der Waals surface area contributed by atoms with Crippen LogP contribution in [0.1, 0.15) is 33.6 Å². The average molecular weight is 186 g/mol. The van der Waals surface area contributed by atoms with Gasteiger partial charge >= 0.3 is 0 Å². The molecule has 0 heterocycles. The molecule has 0 aromatic carbocycles. The van der Waals surface area contributed by atoms with E-state index in [1.54, 1.807) is 6.92 Å². The lowest BCUT2D eigenvalue weighted by atomic mass is 9.72. The van der Waals surface area contributed by atoms with Crippen LogP contribution in [0, 0.1) is 17.8 Å². The Kier molecular flexibility index (Phi) is 3.22. The van der Waals surface area contributed by atoms with E-state index >= 15 is 0 Å². The van der Waals surface area contributed by atoms with Gasteiger partial charge in [0.15, 0.2) is 0 Å². The van der Waals surface area contributed by atoms with Crippen LogP contribution in [0.25, 0.3) is 0 Å². The molecule has 70 valence electrons. The van der Waals surface area contributed by atoms with Gasteiger partial charge in [-0.1, -0.05) is 13.8 Å². The standard InChI is InChI=1S/C10H18OS/c1-6-4-9(12)5-10(7(6)2)8(3)11/h6-7,9-10,12H,4-5H2,1-3H3. The fourth-order valence-corrected chi connectivity index (χ4v) is 2.74. The Morgan fingerprint density at radius 2 is 1.92 bits per heavy atom. The van der Waals surface area contributed by atoms with Crippen LogP contribution in [0.4, 0.5) is 0 Å². The molecule has 1 rings (SSSR count). The summed E-state index contributed by atoms with van der Waals surface area (Å²) in [5.74, 6) is 1.80. The Labute approximate surface area is 80.3 Å². The van der Waals surface area contributed by atoms with E-state index in [1.165, 1.54) is 0 Å². The van der Waals surface area contributed by atoms with Crippen LogP contribution in [0.15, 0.2) is 0 Å². The SMILES string of the molecule is CC(=O)C1CC(S)CC(C)C1C. The molecule has 0 radical (unpaired) electrons. The molecule has 2 heteroatoms. The normalized spacial score (nSPS) is 42.7. The monoisotopic (exact) mass is 186 g/mol. The summed E-state index contributed by atoms with van der Waals surface area (Å²) in [4.78, 5) is 11.3. The molecular weight excluding hydrogens is 168 g/mol. The highest BCUT2D eigenvalue weighted by atomic mass is 32.1. The smallest absolute Gasteiger partial charge is 0.133 e. The zero-order valence-corrected chi connectivity index (χ0v) is 8.97. The minimum atomic E-state index is 0.260. The van der Waals surface area contributed by atoms with E-state index < -0.39 is 0 Å². The van der Waals surface area contributed by atoms with Crippen LogP contribution in [0.2, 0.25) is 0 Å². The fourth-order valence-electron chi connectivity index (χ4n) is 2.18. The van der Waals surface area contributed by atoms with E-state index in [2.05, 4.69) is 26.5 Å². The fraction of sp³-hybridized carbons (Fsp3) is 0.900. The van der Waals surface area contributed by atoms with Crippen LogP contribution in [0.5, 0.6) is 0 Å². The predicted molar refractivity (Wildman–Crippen MR) is 54.5 cm³/mol. The summed E-state index contributed by atoms with van der Waals surface area (Å²) in [5, 5.41) is 0.435. The lowest BCUT2D eigenvalue weighted by Gasteiger charge is -2.35. The van der Waals surface area contributed by atoms with Crippen molar-refractivity contribution < 1.29 is 4.79 Å². The molecule has 0 aliphatic heterocycles. The highest BCUT2D eigenvalue weighted by Crippen LogP contribution is 2.36. The first-order valence-electron chi connectivity index (χ1n) is 4.71. The topological polar surface area (TPSA) is 17.1 Å². The summed E-state index contributed by atoms with van der Waals surface area (Å²) in [6.45, 7) is 6.12. The van der Waals surface area contributed by atoms with Crippen LogP contribution in [-0.2, 0) is 4.79 Å². The summed E-state index contributed by atoms with van der Waals surface area (Å²) in [6, 6.07) is 0. The van der Waals surface area contributed by atoms with E-state index in [0.717, 1.165) is 12.8 Å². The van der Waals surface area contributed by atoms with Gasteiger partial charge < -0.3 is 0 Å². The zero-order valence-electron chi connectivity index (χ0n) is 8.08. The molecule has 0 bridgehead atoms. The number of Topliss-reactive ketones (excluding diaryl/α,β-unsaturated/α-hetero) is 1. The first kappa shape index (κ1) is 10.1. The van der Waals surface area contributed by atoms with Crippen molar-refractivity contribution in [1.29, 1.82) is 0 Å². The molecule has 4 atom stereocenters. The Morgan fingerprint density at radius 1 is 1.33 bits per heavy atom. The summed E-state index contributed by atoms with van der Waals surface area (Å²) >= 11 is 4.46. The lowest BCUT2D eigenvalue weighted by molar-refractivity contribution is -0.123. The number of rotatable bonds is 1. The molecular formula is C10H18OS. The summed E-state index contributed by atoms with van der Waals surface area (Å²) < 4.78 is 0. The third-order valence-corrected chi connectivity index (χ3v) is 3.65. The Hall–Kier alpha value is 0.0200. The second-order valence-corrected chi connectivity index (χ2v) is 4.91. The Balaban J connectivity index is 2.66. The second-order valence-electron chi connectivity index (χ2n) is 4.18. The maximum absolute atomic E-state index is 11.3. The molecule has 0 spiro atoms. The minimum Gasteiger partial charge on any atom is -0.300 e.